The van der Waals surface area contributed by atoms with Gasteiger partial charge in [0.2, 0.25) is 0 Å². The number of nitrogens with one attached hydrogen (secondary N) is 1. The van der Waals surface area contributed by atoms with Gasteiger partial charge in [0.25, 0.3) is 0 Å². The van der Waals surface area contributed by atoms with Gasteiger partial charge in [-0.3, -0.25) is 0 Å². The second-order valence-electron chi connectivity index (χ2n) is 4.46. The highest BCUT2D eigenvalue weighted by Crippen LogP contribution is 2.28. The van der Waals surface area contributed by atoms with Crippen molar-refractivity contribution in [2.75, 3.05) is 0 Å². The van der Waals surface area contributed by atoms with Crippen LogP contribution in [0, 0.1) is 0 Å². The Bertz CT molecular complexity index is 555. The summed E-state index contributed by atoms with van der Waals surface area (Å²) in [4.78, 5) is 11.9. The molecule has 2 rings (SSSR count). The molecule has 0 unspecified atom stereocenters. The molecule has 1 saturated heterocycles. The summed E-state index contributed by atoms with van der Waals surface area (Å²) >= 11 is 0. The third-order valence-corrected chi connectivity index (χ3v) is 3.55. The van der Waals surface area contributed by atoms with Crippen molar-refractivity contribution < 1.29 is 22.1 Å². The number of esters is 1. The Hall–Kier alpha value is -1.44. The normalized spacial score (nSPS) is 25.4. The van der Waals surface area contributed by atoms with Gasteiger partial charge in [-0.15, -0.1) is 0 Å². The molecule has 1 aliphatic heterocycles. The molecule has 104 valence electrons. The molecule has 1 aliphatic rings. The molecule has 0 aliphatic carbocycles. The van der Waals surface area contributed by atoms with Crippen LogP contribution >= 0.6 is 0 Å². The Labute approximate surface area is 112 Å². The van der Waals surface area contributed by atoms with Crippen LogP contribution < -0.4 is 4.72 Å². The Morgan fingerprint density at radius 2 is 1.95 bits per heavy atom. The first-order valence-electron chi connectivity index (χ1n) is 5.85. The van der Waals surface area contributed by atoms with Crippen LogP contribution in [-0.2, 0) is 24.0 Å². The predicted molar refractivity (Wildman–Crippen MR) is 67.3 cm³/mol. The van der Waals surface area contributed by atoms with Crippen molar-refractivity contribution in [3.8, 4) is 0 Å². The maximum Gasteiger partial charge on any atom is 0.339 e. The fourth-order valence-electron chi connectivity index (χ4n) is 1.82. The standard InChI is InChI=1S/C12H15NO5S/c1-8(2)17-12(14)11-10(13-19(15,16)18-11)9-6-4-3-5-7-9/h3-8,10-11,13H,1-2H3/t10-,11-/m0/s1. The number of carbonyl (C=O) groups excluding carboxylic acids is 1. The van der Waals surface area contributed by atoms with Crippen molar-refractivity contribution in [1.29, 1.82) is 0 Å². The summed E-state index contributed by atoms with van der Waals surface area (Å²) in [7, 11) is -3.92. The van der Waals surface area contributed by atoms with Gasteiger partial charge in [-0.25, -0.2) is 8.98 Å². The van der Waals surface area contributed by atoms with Crippen LogP contribution in [0.1, 0.15) is 25.5 Å². The molecule has 1 aromatic carbocycles. The Kier molecular flexibility index (Phi) is 3.88. The molecule has 0 aromatic heterocycles. The average Bonchev–Trinajstić information content (AvgIpc) is 2.66. The monoisotopic (exact) mass is 285 g/mol. The molecule has 1 heterocycles. The molecule has 7 heteroatoms. The van der Waals surface area contributed by atoms with Gasteiger partial charge in [-0.2, -0.15) is 13.1 Å². The summed E-state index contributed by atoms with van der Waals surface area (Å²) < 4.78 is 35.0. The summed E-state index contributed by atoms with van der Waals surface area (Å²) in [6.07, 6.45) is -1.54. The Balaban J connectivity index is 2.27. The lowest BCUT2D eigenvalue weighted by Gasteiger charge is -2.16. The second kappa shape index (κ2) is 5.28. The van der Waals surface area contributed by atoms with E-state index in [2.05, 4.69) is 4.72 Å². The summed E-state index contributed by atoms with van der Waals surface area (Å²) in [5.41, 5.74) is 0.647. The molecule has 0 saturated carbocycles. The molecule has 0 spiro atoms. The highest BCUT2D eigenvalue weighted by molar-refractivity contribution is 7.85. The smallest absolute Gasteiger partial charge is 0.339 e. The highest BCUT2D eigenvalue weighted by atomic mass is 32.2. The van der Waals surface area contributed by atoms with E-state index in [0.717, 1.165) is 0 Å². The Morgan fingerprint density at radius 1 is 1.32 bits per heavy atom. The van der Waals surface area contributed by atoms with Gasteiger partial charge in [0.1, 0.15) is 0 Å². The number of hydrogen-bond acceptors (Lipinski definition) is 5. The summed E-state index contributed by atoms with van der Waals surface area (Å²) in [5.74, 6) is -0.697. The summed E-state index contributed by atoms with van der Waals surface area (Å²) in [6.45, 7) is 3.37. The van der Waals surface area contributed by atoms with Crippen molar-refractivity contribution >= 4 is 16.3 Å². The zero-order valence-corrected chi connectivity index (χ0v) is 11.4. The summed E-state index contributed by atoms with van der Waals surface area (Å²) in [6, 6.07) is 7.99. The van der Waals surface area contributed by atoms with Crippen molar-refractivity contribution in [3.05, 3.63) is 35.9 Å². The highest BCUT2D eigenvalue weighted by Gasteiger charge is 2.44. The lowest BCUT2D eigenvalue weighted by molar-refractivity contribution is -0.155. The van der Waals surface area contributed by atoms with Crippen LogP contribution in [0.25, 0.3) is 0 Å². The molecule has 1 aromatic rings. The van der Waals surface area contributed by atoms with Gasteiger partial charge in [-0.05, 0) is 19.4 Å². The lowest BCUT2D eigenvalue weighted by atomic mass is 10.0. The van der Waals surface area contributed by atoms with Crippen LogP contribution in [0.2, 0.25) is 0 Å². The lowest BCUT2D eigenvalue weighted by Crippen LogP contribution is -2.32. The quantitative estimate of drug-likeness (QED) is 0.835. The van der Waals surface area contributed by atoms with Crippen LogP contribution in [0.4, 0.5) is 0 Å². The fourth-order valence-corrected chi connectivity index (χ4v) is 2.90. The molecule has 6 nitrogen and oxygen atoms in total. The Morgan fingerprint density at radius 3 is 2.53 bits per heavy atom. The average molecular weight is 285 g/mol. The number of rotatable bonds is 3. The minimum absolute atomic E-state index is 0.337. The molecular weight excluding hydrogens is 270 g/mol. The van der Waals surface area contributed by atoms with E-state index >= 15 is 0 Å². The minimum atomic E-state index is -3.92. The molecule has 1 fully saturated rings. The third kappa shape index (κ3) is 3.31. The van der Waals surface area contributed by atoms with Crippen LogP contribution in [0.3, 0.4) is 0 Å². The molecule has 2 atom stereocenters. The molecule has 1 N–H and O–H groups in total. The maximum absolute atomic E-state index is 11.9. The van der Waals surface area contributed by atoms with E-state index in [-0.39, 0.29) is 6.10 Å². The van der Waals surface area contributed by atoms with E-state index in [4.69, 9.17) is 8.92 Å². The predicted octanol–water partition coefficient (Wildman–Crippen LogP) is 0.912. The zero-order chi connectivity index (χ0) is 14.0. The number of hydrogen-bond donors (Lipinski definition) is 1. The van der Waals surface area contributed by atoms with E-state index < -0.39 is 28.4 Å². The zero-order valence-electron chi connectivity index (χ0n) is 10.6. The van der Waals surface area contributed by atoms with E-state index in [1.807, 2.05) is 0 Å². The van der Waals surface area contributed by atoms with Crippen LogP contribution in [0.5, 0.6) is 0 Å². The summed E-state index contributed by atoms with van der Waals surface area (Å²) in [5, 5.41) is 0. The SMILES string of the molecule is CC(C)OC(=O)[C@H]1OS(=O)(=O)N[C@H]1c1ccccc1. The molecular formula is C12H15NO5S. The van der Waals surface area contributed by atoms with Gasteiger partial charge in [0, 0.05) is 0 Å². The first kappa shape index (κ1) is 14.0. The van der Waals surface area contributed by atoms with Crippen molar-refractivity contribution in [1.82, 2.24) is 4.72 Å². The van der Waals surface area contributed by atoms with E-state index in [1.54, 1.807) is 44.2 Å². The van der Waals surface area contributed by atoms with E-state index in [0.29, 0.717) is 5.56 Å². The van der Waals surface area contributed by atoms with Gasteiger partial charge in [0.05, 0.1) is 12.1 Å². The molecule has 0 radical (unpaired) electrons. The molecule has 0 amide bonds. The van der Waals surface area contributed by atoms with Gasteiger partial charge in [0.15, 0.2) is 6.10 Å². The number of carbonyl (C=O) groups is 1. The van der Waals surface area contributed by atoms with Crippen LogP contribution in [0.15, 0.2) is 30.3 Å². The van der Waals surface area contributed by atoms with Gasteiger partial charge in [-0.1, -0.05) is 30.3 Å². The van der Waals surface area contributed by atoms with E-state index in [9.17, 15) is 13.2 Å². The van der Waals surface area contributed by atoms with Crippen molar-refractivity contribution in [2.24, 2.45) is 0 Å². The second-order valence-corrected chi connectivity index (χ2v) is 5.80. The maximum atomic E-state index is 11.9. The number of benzene rings is 1. The molecule has 19 heavy (non-hydrogen) atoms. The first-order chi connectivity index (χ1) is 8.89. The third-order valence-electron chi connectivity index (χ3n) is 2.55. The van der Waals surface area contributed by atoms with Gasteiger partial charge < -0.3 is 4.74 Å². The van der Waals surface area contributed by atoms with E-state index in [1.165, 1.54) is 0 Å². The topological polar surface area (TPSA) is 81.7 Å². The van der Waals surface area contributed by atoms with Crippen molar-refractivity contribution in [2.45, 2.75) is 32.1 Å². The van der Waals surface area contributed by atoms with Crippen molar-refractivity contribution in [3.63, 3.8) is 0 Å². The minimum Gasteiger partial charge on any atom is -0.461 e. The van der Waals surface area contributed by atoms with Crippen LogP contribution in [-0.4, -0.2) is 26.6 Å². The largest absolute Gasteiger partial charge is 0.461 e. The van der Waals surface area contributed by atoms with Gasteiger partial charge >= 0.3 is 16.3 Å². The fraction of sp³-hybridized carbons (Fsp3) is 0.417. The first-order valence-corrected chi connectivity index (χ1v) is 7.26. The molecule has 0 bridgehead atoms. The number of ether oxygens (including phenoxy) is 1.